The van der Waals surface area contributed by atoms with Crippen molar-refractivity contribution in [1.29, 1.82) is 0 Å². The summed E-state index contributed by atoms with van der Waals surface area (Å²) in [5.74, 6) is -1.07. The first-order valence-electron chi connectivity index (χ1n) is 6.69. The highest BCUT2D eigenvalue weighted by atomic mass is 19.1. The topological polar surface area (TPSA) is 59.7 Å². The van der Waals surface area contributed by atoms with Gasteiger partial charge < -0.3 is 14.3 Å². The second kappa shape index (κ2) is 5.52. The second-order valence-electron chi connectivity index (χ2n) is 4.85. The number of rotatable bonds is 4. The van der Waals surface area contributed by atoms with Crippen molar-refractivity contribution < 1.29 is 23.4 Å². The molecule has 0 amide bonds. The molecule has 4 nitrogen and oxygen atoms in total. The van der Waals surface area contributed by atoms with E-state index >= 15 is 0 Å². The van der Waals surface area contributed by atoms with Gasteiger partial charge in [-0.15, -0.1) is 0 Å². The molecule has 0 spiro atoms. The van der Waals surface area contributed by atoms with E-state index in [1.54, 1.807) is 37.3 Å². The SMILES string of the molecule is Cc1oc2cccc(COc3ccccc3F)c2c1C(=O)O. The maximum Gasteiger partial charge on any atom is 0.339 e. The lowest BCUT2D eigenvalue weighted by molar-refractivity contribution is 0.0697. The Hall–Kier alpha value is -2.82. The number of aromatic carboxylic acids is 1. The van der Waals surface area contributed by atoms with E-state index in [9.17, 15) is 14.3 Å². The van der Waals surface area contributed by atoms with E-state index in [0.29, 0.717) is 22.3 Å². The number of ether oxygens (including phenoxy) is 1. The fourth-order valence-electron chi connectivity index (χ4n) is 2.43. The zero-order valence-electron chi connectivity index (χ0n) is 11.8. The van der Waals surface area contributed by atoms with Gasteiger partial charge in [0.15, 0.2) is 11.6 Å². The summed E-state index contributed by atoms with van der Waals surface area (Å²) in [7, 11) is 0. The van der Waals surface area contributed by atoms with Crippen LogP contribution in [-0.2, 0) is 6.61 Å². The molecule has 0 bridgehead atoms. The summed E-state index contributed by atoms with van der Waals surface area (Å²) in [6, 6.07) is 11.3. The van der Waals surface area contributed by atoms with Gasteiger partial charge in [0.25, 0.3) is 0 Å². The third-order valence-electron chi connectivity index (χ3n) is 3.41. The summed E-state index contributed by atoms with van der Waals surface area (Å²) in [5, 5.41) is 9.84. The Labute approximate surface area is 125 Å². The second-order valence-corrected chi connectivity index (χ2v) is 4.85. The van der Waals surface area contributed by atoms with Crippen LogP contribution in [0.1, 0.15) is 21.7 Å². The summed E-state index contributed by atoms with van der Waals surface area (Å²) >= 11 is 0. The number of hydrogen-bond acceptors (Lipinski definition) is 3. The van der Waals surface area contributed by atoms with Crippen LogP contribution in [0.3, 0.4) is 0 Å². The summed E-state index contributed by atoms with van der Waals surface area (Å²) < 4.78 is 24.5. The van der Waals surface area contributed by atoms with Crippen LogP contribution in [0.25, 0.3) is 11.0 Å². The summed E-state index contributed by atoms with van der Waals surface area (Å²) in [6.07, 6.45) is 0. The lowest BCUT2D eigenvalue weighted by atomic mass is 10.1. The number of benzene rings is 2. The third kappa shape index (κ3) is 2.41. The molecular weight excluding hydrogens is 287 g/mol. The van der Waals surface area contributed by atoms with Crippen molar-refractivity contribution in [2.75, 3.05) is 0 Å². The standard InChI is InChI=1S/C17H13FO4/c1-10-15(17(19)20)16-11(5-4-8-14(16)22-10)9-21-13-7-3-2-6-12(13)18/h2-8H,9H2,1H3,(H,19,20). The van der Waals surface area contributed by atoms with E-state index in [4.69, 9.17) is 9.15 Å². The minimum atomic E-state index is -1.06. The van der Waals surface area contributed by atoms with Gasteiger partial charge in [-0.05, 0) is 25.1 Å². The normalized spacial score (nSPS) is 10.8. The van der Waals surface area contributed by atoms with Crippen LogP contribution in [0.2, 0.25) is 0 Å². The van der Waals surface area contributed by atoms with Crippen LogP contribution in [0, 0.1) is 12.7 Å². The molecule has 3 rings (SSSR count). The molecule has 0 aliphatic heterocycles. The Bertz CT molecular complexity index is 851. The molecule has 1 aromatic heterocycles. The maximum atomic E-state index is 13.6. The van der Waals surface area contributed by atoms with Gasteiger partial charge in [-0.25, -0.2) is 9.18 Å². The lowest BCUT2D eigenvalue weighted by Crippen LogP contribution is -2.02. The van der Waals surface area contributed by atoms with Crippen molar-refractivity contribution in [3.05, 3.63) is 65.2 Å². The summed E-state index contributed by atoms with van der Waals surface area (Å²) in [6.45, 7) is 1.66. The number of carbonyl (C=O) groups is 1. The Kier molecular flexibility index (Phi) is 3.55. The van der Waals surface area contributed by atoms with Gasteiger partial charge in [0, 0.05) is 10.9 Å². The van der Waals surface area contributed by atoms with E-state index in [0.717, 1.165) is 0 Å². The third-order valence-corrected chi connectivity index (χ3v) is 3.41. The predicted molar refractivity (Wildman–Crippen MR) is 78.6 cm³/mol. The molecule has 0 aliphatic carbocycles. The average Bonchev–Trinajstić information content (AvgIpc) is 2.83. The number of fused-ring (bicyclic) bond motifs is 1. The molecule has 112 valence electrons. The van der Waals surface area contributed by atoms with Gasteiger partial charge in [0.2, 0.25) is 0 Å². The average molecular weight is 300 g/mol. The first-order chi connectivity index (χ1) is 10.6. The van der Waals surface area contributed by atoms with Gasteiger partial charge in [0.1, 0.15) is 23.5 Å². The number of carboxylic acids is 1. The van der Waals surface area contributed by atoms with Crippen molar-refractivity contribution in [1.82, 2.24) is 0 Å². The quantitative estimate of drug-likeness (QED) is 0.786. The van der Waals surface area contributed by atoms with E-state index in [2.05, 4.69) is 0 Å². The van der Waals surface area contributed by atoms with E-state index in [1.165, 1.54) is 12.1 Å². The first-order valence-corrected chi connectivity index (χ1v) is 6.69. The number of para-hydroxylation sites is 1. The molecule has 0 radical (unpaired) electrons. The fraction of sp³-hybridized carbons (Fsp3) is 0.118. The summed E-state index contributed by atoms with van der Waals surface area (Å²) in [5.41, 5.74) is 1.22. The highest BCUT2D eigenvalue weighted by Gasteiger charge is 2.20. The monoisotopic (exact) mass is 300 g/mol. The van der Waals surface area contributed by atoms with Gasteiger partial charge >= 0.3 is 5.97 Å². The van der Waals surface area contributed by atoms with Crippen LogP contribution >= 0.6 is 0 Å². The minimum Gasteiger partial charge on any atom is -0.486 e. The van der Waals surface area contributed by atoms with Crippen molar-refractivity contribution in [3.63, 3.8) is 0 Å². The molecule has 1 heterocycles. The first kappa shape index (κ1) is 14.1. The molecule has 0 aliphatic rings. The van der Waals surface area contributed by atoms with Crippen LogP contribution in [0.5, 0.6) is 5.75 Å². The summed E-state index contributed by atoms with van der Waals surface area (Å²) in [4.78, 5) is 11.4. The molecule has 0 unspecified atom stereocenters. The molecule has 0 atom stereocenters. The minimum absolute atomic E-state index is 0.0531. The molecule has 0 saturated carbocycles. The number of hydrogen-bond donors (Lipinski definition) is 1. The van der Waals surface area contributed by atoms with Crippen LogP contribution in [0.4, 0.5) is 4.39 Å². The maximum absolute atomic E-state index is 13.6. The van der Waals surface area contributed by atoms with E-state index < -0.39 is 11.8 Å². The molecular formula is C17H13FO4. The van der Waals surface area contributed by atoms with Crippen molar-refractivity contribution in [2.24, 2.45) is 0 Å². The van der Waals surface area contributed by atoms with Crippen molar-refractivity contribution in [3.8, 4) is 5.75 Å². The fourth-order valence-corrected chi connectivity index (χ4v) is 2.43. The Morgan fingerprint density at radius 2 is 2.00 bits per heavy atom. The molecule has 5 heteroatoms. The highest BCUT2D eigenvalue weighted by molar-refractivity contribution is 6.04. The van der Waals surface area contributed by atoms with Crippen LogP contribution in [-0.4, -0.2) is 11.1 Å². The lowest BCUT2D eigenvalue weighted by Gasteiger charge is -2.08. The Morgan fingerprint density at radius 1 is 1.23 bits per heavy atom. The van der Waals surface area contributed by atoms with E-state index in [1.807, 2.05) is 0 Å². The molecule has 1 N–H and O–H groups in total. The van der Waals surface area contributed by atoms with E-state index in [-0.39, 0.29) is 17.9 Å². The van der Waals surface area contributed by atoms with Crippen LogP contribution < -0.4 is 4.74 Å². The van der Waals surface area contributed by atoms with Gasteiger partial charge in [-0.1, -0.05) is 24.3 Å². The molecule has 0 fully saturated rings. The molecule has 2 aromatic carbocycles. The smallest absolute Gasteiger partial charge is 0.339 e. The number of carboxylic acid groups (broad SMARTS) is 1. The predicted octanol–water partition coefficient (Wildman–Crippen LogP) is 4.16. The Balaban J connectivity index is 2.01. The van der Waals surface area contributed by atoms with Gasteiger partial charge in [-0.2, -0.15) is 0 Å². The number of furan rings is 1. The van der Waals surface area contributed by atoms with Gasteiger partial charge in [-0.3, -0.25) is 0 Å². The Morgan fingerprint density at radius 3 is 2.73 bits per heavy atom. The van der Waals surface area contributed by atoms with Crippen molar-refractivity contribution in [2.45, 2.75) is 13.5 Å². The zero-order chi connectivity index (χ0) is 15.7. The zero-order valence-corrected chi connectivity index (χ0v) is 11.8. The van der Waals surface area contributed by atoms with Crippen molar-refractivity contribution >= 4 is 16.9 Å². The molecule has 3 aromatic rings. The number of aryl methyl sites for hydroxylation is 1. The van der Waals surface area contributed by atoms with Crippen LogP contribution in [0.15, 0.2) is 46.9 Å². The molecule has 22 heavy (non-hydrogen) atoms. The van der Waals surface area contributed by atoms with Gasteiger partial charge in [0.05, 0.1) is 0 Å². The number of halogens is 1. The molecule has 0 saturated heterocycles. The highest BCUT2D eigenvalue weighted by Crippen LogP contribution is 2.29. The largest absolute Gasteiger partial charge is 0.486 e.